The highest BCUT2D eigenvalue weighted by Gasteiger charge is 2.45. The molecule has 0 atom stereocenters. The number of nitrogens with one attached hydrogen (secondary N) is 2. The van der Waals surface area contributed by atoms with E-state index in [-0.39, 0.29) is 0 Å². The third-order valence-electron chi connectivity index (χ3n) is 4.75. The molecule has 5 N–H and O–H groups in total. The minimum absolute atomic E-state index is 0.555. The van der Waals surface area contributed by atoms with Gasteiger partial charge in [-0.25, -0.2) is 0 Å². The fourth-order valence-electron chi connectivity index (χ4n) is 3.44. The first-order valence-electron chi connectivity index (χ1n) is 6.72. The zero-order chi connectivity index (χ0) is 10.7. The summed E-state index contributed by atoms with van der Waals surface area (Å²) < 4.78 is 0. The number of likely N-dealkylation sites (tertiary alicyclic amines) is 2. The van der Waals surface area contributed by atoms with E-state index in [9.17, 15) is 0 Å². The van der Waals surface area contributed by atoms with Crippen LogP contribution in [0.4, 0.5) is 0 Å². The largest absolute Gasteiger partial charge is 0.352 e. The normalized spacial score (nSPS) is 39.2. The molecule has 0 amide bonds. The second-order valence-corrected chi connectivity index (χ2v) is 5.65. The number of piperidine rings is 2. The quantitative estimate of drug-likeness (QED) is 0.449. The van der Waals surface area contributed by atoms with Gasteiger partial charge in [-0.15, -0.1) is 0 Å². The topological polar surface area (TPSA) is 36.5 Å². The summed E-state index contributed by atoms with van der Waals surface area (Å²) in [5.74, 6) is 0. The van der Waals surface area contributed by atoms with Crippen LogP contribution in [0.3, 0.4) is 0 Å². The van der Waals surface area contributed by atoms with Gasteiger partial charge in [0.25, 0.3) is 0 Å². The summed E-state index contributed by atoms with van der Waals surface area (Å²) in [4.78, 5) is 3.60. The molecule has 2 aliphatic rings. The maximum Gasteiger partial charge on any atom is 0.158 e. The van der Waals surface area contributed by atoms with E-state index < -0.39 is 0 Å². The summed E-state index contributed by atoms with van der Waals surface area (Å²) in [6, 6.07) is 0. The maximum absolute atomic E-state index is 4.25. The van der Waals surface area contributed by atoms with Crippen LogP contribution < -0.4 is 15.5 Å². The van der Waals surface area contributed by atoms with E-state index in [1.165, 1.54) is 58.3 Å². The Morgan fingerprint density at radius 3 is 2.13 bits per heavy atom. The van der Waals surface area contributed by atoms with Crippen LogP contribution in [0.5, 0.6) is 0 Å². The Labute approximate surface area is 93.6 Å². The van der Waals surface area contributed by atoms with Crippen molar-refractivity contribution in [2.24, 2.45) is 0 Å². The molecule has 0 aliphatic carbocycles. The van der Waals surface area contributed by atoms with Crippen LogP contribution in [0.2, 0.25) is 0 Å². The van der Waals surface area contributed by atoms with E-state index >= 15 is 0 Å². The molecule has 0 spiro atoms. The van der Waals surface area contributed by atoms with Crippen LogP contribution in [-0.4, -0.2) is 45.3 Å². The van der Waals surface area contributed by atoms with Crippen LogP contribution in [-0.2, 0) is 0 Å². The second kappa shape index (κ2) is 4.81. The first kappa shape index (κ1) is 11.4. The van der Waals surface area contributed by atoms with Gasteiger partial charge in [-0.3, -0.25) is 0 Å². The lowest BCUT2D eigenvalue weighted by Crippen LogP contribution is -3.25. The molecule has 0 saturated carbocycles. The Hall–Kier alpha value is -0.120. The molecule has 15 heavy (non-hydrogen) atoms. The molecule has 2 heterocycles. The molecule has 3 nitrogen and oxygen atoms in total. The van der Waals surface area contributed by atoms with E-state index in [1.807, 2.05) is 4.90 Å². The summed E-state index contributed by atoms with van der Waals surface area (Å²) in [7, 11) is 2.33. The molecule has 0 aromatic rings. The first-order valence-corrected chi connectivity index (χ1v) is 6.72. The van der Waals surface area contributed by atoms with Crippen molar-refractivity contribution >= 4 is 0 Å². The lowest BCUT2D eigenvalue weighted by atomic mass is 9.84. The SMILES string of the molecule is C[NH+]1CCC(C[NH3+])([NH+]2CCCCC2)CC1. The van der Waals surface area contributed by atoms with Crippen LogP contribution in [0.1, 0.15) is 32.1 Å². The molecule has 2 rings (SSSR count). The van der Waals surface area contributed by atoms with Crippen molar-refractivity contribution in [1.82, 2.24) is 0 Å². The number of quaternary nitrogens is 3. The van der Waals surface area contributed by atoms with Crippen LogP contribution in [0, 0.1) is 0 Å². The van der Waals surface area contributed by atoms with Crippen molar-refractivity contribution in [2.45, 2.75) is 37.6 Å². The summed E-state index contributed by atoms with van der Waals surface area (Å²) in [6.45, 7) is 6.69. The zero-order valence-corrected chi connectivity index (χ0v) is 10.3. The van der Waals surface area contributed by atoms with Crippen LogP contribution >= 0.6 is 0 Å². The predicted octanol–water partition coefficient (Wildman–Crippen LogP) is -2.66. The summed E-state index contributed by atoms with van der Waals surface area (Å²) in [5, 5.41) is 0. The third kappa shape index (κ3) is 2.35. The summed E-state index contributed by atoms with van der Waals surface area (Å²) in [5.41, 5.74) is 4.81. The van der Waals surface area contributed by atoms with Crippen molar-refractivity contribution < 1.29 is 15.5 Å². The minimum Gasteiger partial charge on any atom is -0.352 e. The zero-order valence-electron chi connectivity index (χ0n) is 10.3. The van der Waals surface area contributed by atoms with Gasteiger partial charge in [0.1, 0.15) is 6.54 Å². The smallest absolute Gasteiger partial charge is 0.158 e. The van der Waals surface area contributed by atoms with Gasteiger partial charge < -0.3 is 15.5 Å². The third-order valence-corrected chi connectivity index (χ3v) is 4.75. The molecule has 0 aromatic heterocycles. The van der Waals surface area contributed by atoms with E-state index in [1.54, 1.807) is 4.90 Å². The van der Waals surface area contributed by atoms with Gasteiger partial charge in [0.05, 0.1) is 46.1 Å². The van der Waals surface area contributed by atoms with Gasteiger partial charge >= 0.3 is 0 Å². The molecule has 2 fully saturated rings. The lowest BCUT2D eigenvalue weighted by Gasteiger charge is -2.43. The van der Waals surface area contributed by atoms with Gasteiger partial charge in [0.2, 0.25) is 0 Å². The fraction of sp³-hybridized carbons (Fsp3) is 1.00. The van der Waals surface area contributed by atoms with E-state index in [2.05, 4.69) is 12.8 Å². The van der Waals surface area contributed by atoms with Gasteiger partial charge in [-0.1, -0.05) is 0 Å². The molecular weight excluding hydrogens is 186 g/mol. The maximum atomic E-state index is 4.25. The monoisotopic (exact) mass is 214 g/mol. The van der Waals surface area contributed by atoms with Gasteiger partial charge in [0, 0.05) is 0 Å². The minimum atomic E-state index is 0.555. The summed E-state index contributed by atoms with van der Waals surface area (Å²) in [6.07, 6.45) is 7.15. The van der Waals surface area contributed by atoms with Crippen molar-refractivity contribution in [1.29, 1.82) is 0 Å². The highest BCUT2D eigenvalue weighted by atomic mass is 15.2. The molecule has 0 bridgehead atoms. The van der Waals surface area contributed by atoms with Gasteiger partial charge in [0.15, 0.2) is 5.54 Å². The Bertz CT molecular complexity index is 191. The van der Waals surface area contributed by atoms with E-state index in [0.29, 0.717) is 5.54 Å². The van der Waals surface area contributed by atoms with E-state index in [0.717, 1.165) is 6.54 Å². The average Bonchev–Trinajstić information content (AvgIpc) is 2.32. The van der Waals surface area contributed by atoms with Crippen molar-refractivity contribution in [3.63, 3.8) is 0 Å². The lowest BCUT2D eigenvalue weighted by molar-refractivity contribution is -0.984. The average molecular weight is 214 g/mol. The molecular formula is C12H28N3+3. The Balaban J connectivity index is 2.00. The van der Waals surface area contributed by atoms with Gasteiger partial charge in [-0.05, 0) is 19.3 Å². The Morgan fingerprint density at radius 2 is 1.60 bits per heavy atom. The Kier molecular flexibility index (Phi) is 3.65. The molecule has 0 unspecified atom stereocenters. The standard InChI is InChI=1S/C12H25N3/c1-14-9-5-12(11-13,6-10-14)15-7-3-2-4-8-15/h2-11,13H2,1H3/p+3. The van der Waals surface area contributed by atoms with Crippen molar-refractivity contribution in [2.75, 3.05) is 39.8 Å². The first-order chi connectivity index (χ1) is 7.27. The van der Waals surface area contributed by atoms with Crippen molar-refractivity contribution in [3.05, 3.63) is 0 Å². The molecule has 3 heteroatoms. The Morgan fingerprint density at radius 1 is 1.00 bits per heavy atom. The fourth-order valence-corrected chi connectivity index (χ4v) is 3.44. The van der Waals surface area contributed by atoms with Crippen LogP contribution in [0.25, 0.3) is 0 Å². The second-order valence-electron chi connectivity index (χ2n) is 5.65. The number of rotatable bonds is 2. The van der Waals surface area contributed by atoms with Crippen LogP contribution in [0.15, 0.2) is 0 Å². The number of hydrogen-bond donors (Lipinski definition) is 3. The van der Waals surface area contributed by atoms with E-state index in [4.69, 9.17) is 0 Å². The molecule has 2 aliphatic heterocycles. The summed E-state index contributed by atoms with van der Waals surface area (Å²) >= 11 is 0. The highest BCUT2D eigenvalue weighted by molar-refractivity contribution is 4.80. The van der Waals surface area contributed by atoms with Gasteiger partial charge in [-0.2, -0.15) is 0 Å². The number of hydrogen-bond acceptors (Lipinski definition) is 0. The molecule has 2 saturated heterocycles. The van der Waals surface area contributed by atoms with Crippen molar-refractivity contribution in [3.8, 4) is 0 Å². The molecule has 88 valence electrons. The highest BCUT2D eigenvalue weighted by Crippen LogP contribution is 2.12. The molecule has 0 radical (unpaired) electrons. The predicted molar refractivity (Wildman–Crippen MR) is 60.9 cm³/mol. The molecule has 0 aromatic carbocycles.